The average molecular weight is 389 g/mol. The van der Waals surface area contributed by atoms with Gasteiger partial charge in [0.05, 0.1) is 15.5 Å². The molecule has 1 unspecified atom stereocenters. The summed E-state index contributed by atoms with van der Waals surface area (Å²) in [5.41, 5.74) is 0.183. The Kier molecular flexibility index (Phi) is 8.38. The largest absolute Gasteiger partial charge is 0.350 e. The Bertz CT molecular complexity index is 690. The number of nitrogens with one attached hydrogen (secondary N) is 1. The summed E-state index contributed by atoms with van der Waals surface area (Å²) in [4.78, 5) is 12.6. The van der Waals surface area contributed by atoms with Crippen molar-refractivity contribution in [1.82, 2.24) is 9.62 Å². The number of rotatable bonds is 9. The van der Waals surface area contributed by atoms with Crippen LogP contribution in [0.1, 0.15) is 63.7 Å². The van der Waals surface area contributed by atoms with E-state index < -0.39 is 10.0 Å². The maximum Gasteiger partial charge on any atom is 0.253 e. The molecule has 0 bridgehead atoms. The van der Waals surface area contributed by atoms with E-state index >= 15 is 0 Å². The zero-order valence-electron chi connectivity index (χ0n) is 15.7. The molecule has 1 rings (SSSR count). The zero-order valence-corrected chi connectivity index (χ0v) is 17.2. The lowest BCUT2D eigenvalue weighted by atomic mass is 10.1. The number of carbonyl (C=O) groups excluding carboxylic acids is 1. The predicted molar refractivity (Wildman–Crippen MR) is 103 cm³/mol. The first-order valence-electron chi connectivity index (χ1n) is 8.69. The highest BCUT2D eigenvalue weighted by atomic mass is 35.5. The minimum atomic E-state index is -3.66. The van der Waals surface area contributed by atoms with Gasteiger partial charge in [0, 0.05) is 19.1 Å². The highest BCUT2D eigenvalue weighted by Gasteiger charge is 2.25. The van der Waals surface area contributed by atoms with Crippen LogP contribution in [0.2, 0.25) is 5.02 Å². The normalized spacial score (nSPS) is 13.3. The molecule has 25 heavy (non-hydrogen) atoms. The molecule has 0 aliphatic carbocycles. The summed E-state index contributed by atoms with van der Waals surface area (Å²) >= 11 is 6.12. The van der Waals surface area contributed by atoms with Gasteiger partial charge in [-0.15, -0.1) is 0 Å². The van der Waals surface area contributed by atoms with Crippen molar-refractivity contribution in [2.24, 2.45) is 0 Å². The van der Waals surface area contributed by atoms with Crippen molar-refractivity contribution >= 4 is 27.5 Å². The first-order chi connectivity index (χ1) is 11.6. The van der Waals surface area contributed by atoms with E-state index in [0.29, 0.717) is 0 Å². The summed E-state index contributed by atoms with van der Waals surface area (Å²) < 4.78 is 26.5. The topological polar surface area (TPSA) is 66.5 Å². The number of hydrogen-bond donors (Lipinski definition) is 1. The molecule has 0 radical (unpaired) electrons. The lowest BCUT2D eigenvalue weighted by molar-refractivity contribution is 0.0938. The molecule has 0 heterocycles. The van der Waals surface area contributed by atoms with Crippen molar-refractivity contribution in [3.05, 3.63) is 28.8 Å². The van der Waals surface area contributed by atoms with Gasteiger partial charge in [-0.1, -0.05) is 37.8 Å². The van der Waals surface area contributed by atoms with Gasteiger partial charge < -0.3 is 5.32 Å². The van der Waals surface area contributed by atoms with E-state index in [0.717, 1.165) is 25.7 Å². The van der Waals surface area contributed by atoms with E-state index in [2.05, 4.69) is 12.2 Å². The van der Waals surface area contributed by atoms with Gasteiger partial charge in [0.25, 0.3) is 5.91 Å². The third-order valence-corrected chi connectivity index (χ3v) is 6.56. The van der Waals surface area contributed by atoms with Crippen molar-refractivity contribution < 1.29 is 13.2 Å². The van der Waals surface area contributed by atoms with Gasteiger partial charge in [-0.05, 0) is 45.4 Å². The molecule has 0 saturated carbocycles. The molecular weight excluding hydrogens is 360 g/mol. The van der Waals surface area contributed by atoms with Crippen LogP contribution in [0.5, 0.6) is 0 Å². The number of unbranched alkanes of at least 4 members (excludes halogenated alkanes) is 2. The highest BCUT2D eigenvalue weighted by Crippen LogP contribution is 2.23. The first-order valence-corrected chi connectivity index (χ1v) is 10.5. The van der Waals surface area contributed by atoms with Crippen LogP contribution in [-0.2, 0) is 10.0 Å². The number of carbonyl (C=O) groups is 1. The Balaban J connectivity index is 3.00. The summed E-state index contributed by atoms with van der Waals surface area (Å²) in [6, 6.07) is 4.06. The Morgan fingerprint density at radius 2 is 1.88 bits per heavy atom. The molecule has 0 aliphatic rings. The van der Waals surface area contributed by atoms with E-state index in [4.69, 9.17) is 11.6 Å². The fraction of sp³-hybridized carbons (Fsp3) is 0.611. The second-order valence-corrected chi connectivity index (χ2v) is 9.03. The number of hydrogen-bond acceptors (Lipinski definition) is 3. The summed E-state index contributed by atoms with van der Waals surface area (Å²) in [6.45, 7) is 7.65. The molecule has 5 nitrogen and oxygen atoms in total. The fourth-order valence-corrected chi connectivity index (χ4v) is 3.95. The molecule has 0 aliphatic heterocycles. The fourth-order valence-electron chi connectivity index (χ4n) is 2.36. The van der Waals surface area contributed by atoms with Crippen LogP contribution in [0.25, 0.3) is 0 Å². The maximum atomic E-state index is 12.6. The molecular formula is C18H29ClN2O3S. The van der Waals surface area contributed by atoms with Crippen LogP contribution in [0.4, 0.5) is 0 Å². The van der Waals surface area contributed by atoms with Gasteiger partial charge in [-0.2, -0.15) is 4.31 Å². The Labute approximate surface area is 156 Å². The van der Waals surface area contributed by atoms with E-state index in [-0.39, 0.29) is 33.5 Å². The van der Waals surface area contributed by atoms with Crippen LogP contribution in [0, 0.1) is 0 Å². The number of amides is 1. The Hall–Kier alpha value is -1.11. The van der Waals surface area contributed by atoms with E-state index in [1.165, 1.54) is 29.6 Å². The van der Waals surface area contributed by atoms with Gasteiger partial charge >= 0.3 is 0 Å². The second-order valence-electron chi connectivity index (χ2n) is 6.63. The molecule has 7 heteroatoms. The quantitative estimate of drug-likeness (QED) is 0.648. The molecule has 1 aromatic carbocycles. The number of halogens is 1. The van der Waals surface area contributed by atoms with Crippen molar-refractivity contribution in [1.29, 1.82) is 0 Å². The average Bonchev–Trinajstić information content (AvgIpc) is 2.54. The van der Waals surface area contributed by atoms with Gasteiger partial charge in [-0.3, -0.25) is 4.79 Å². The van der Waals surface area contributed by atoms with Crippen LogP contribution < -0.4 is 5.32 Å². The monoisotopic (exact) mass is 388 g/mol. The van der Waals surface area contributed by atoms with Gasteiger partial charge in [-0.25, -0.2) is 8.42 Å². The summed E-state index contributed by atoms with van der Waals surface area (Å²) in [7, 11) is -2.14. The Morgan fingerprint density at radius 3 is 2.44 bits per heavy atom. The van der Waals surface area contributed by atoms with Gasteiger partial charge in [0.1, 0.15) is 0 Å². The van der Waals surface area contributed by atoms with Crippen LogP contribution in [0.15, 0.2) is 23.1 Å². The molecule has 0 aromatic heterocycles. The number of benzene rings is 1. The third kappa shape index (κ3) is 5.97. The van der Waals surface area contributed by atoms with E-state index in [1.54, 1.807) is 13.8 Å². The SMILES string of the molecule is CCCCCC(C)NC(=O)c1cc(S(=O)(=O)N(C)C(C)C)ccc1Cl. The predicted octanol–water partition coefficient (Wildman–Crippen LogP) is 4.07. The minimum absolute atomic E-state index is 0.00807. The molecule has 1 aromatic rings. The Morgan fingerprint density at radius 1 is 1.24 bits per heavy atom. The van der Waals surface area contributed by atoms with Crippen LogP contribution in [0.3, 0.4) is 0 Å². The maximum absolute atomic E-state index is 12.6. The first kappa shape index (κ1) is 21.9. The lowest BCUT2D eigenvalue weighted by Crippen LogP contribution is -2.34. The molecule has 0 saturated heterocycles. The van der Waals surface area contributed by atoms with Crippen molar-refractivity contribution in [2.45, 2.75) is 70.4 Å². The molecule has 1 N–H and O–H groups in total. The summed E-state index contributed by atoms with van der Waals surface area (Å²) in [5.74, 6) is -0.349. The molecule has 142 valence electrons. The molecule has 0 spiro atoms. The van der Waals surface area contributed by atoms with Gasteiger partial charge in [0.15, 0.2) is 0 Å². The zero-order chi connectivity index (χ0) is 19.2. The van der Waals surface area contributed by atoms with Crippen molar-refractivity contribution in [3.63, 3.8) is 0 Å². The molecule has 1 atom stereocenters. The highest BCUT2D eigenvalue weighted by molar-refractivity contribution is 7.89. The van der Waals surface area contributed by atoms with Crippen LogP contribution >= 0.6 is 11.6 Å². The third-order valence-electron chi connectivity index (χ3n) is 4.20. The summed E-state index contributed by atoms with van der Waals surface area (Å²) in [5, 5.41) is 3.13. The lowest BCUT2D eigenvalue weighted by Gasteiger charge is -2.21. The number of sulfonamides is 1. The van der Waals surface area contributed by atoms with Crippen LogP contribution in [-0.4, -0.2) is 37.8 Å². The van der Waals surface area contributed by atoms with Crippen molar-refractivity contribution in [2.75, 3.05) is 7.05 Å². The molecule has 1 amide bonds. The van der Waals surface area contributed by atoms with E-state index in [9.17, 15) is 13.2 Å². The second kappa shape index (κ2) is 9.55. The van der Waals surface area contributed by atoms with Gasteiger partial charge in [0.2, 0.25) is 10.0 Å². The molecule has 0 fully saturated rings. The summed E-state index contributed by atoms with van der Waals surface area (Å²) in [6.07, 6.45) is 4.16. The smallest absolute Gasteiger partial charge is 0.253 e. The van der Waals surface area contributed by atoms with Crippen molar-refractivity contribution in [3.8, 4) is 0 Å². The minimum Gasteiger partial charge on any atom is -0.350 e. The standard InChI is InChI=1S/C18H29ClN2O3S/c1-6-7-8-9-14(4)20-18(22)16-12-15(10-11-17(16)19)25(23,24)21(5)13(2)3/h10-14H,6-9H2,1-5H3,(H,20,22). The van der Waals surface area contributed by atoms with E-state index in [1.807, 2.05) is 6.92 Å². The number of nitrogens with zero attached hydrogens (tertiary/aromatic N) is 1.